The van der Waals surface area contributed by atoms with Crippen molar-refractivity contribution < 1.29 is 35.5 Å². The summed E-state index contributed by atoms with van der Waals surface area (Å²) in [6.07, 6.45) is -5.73. The highest BCUT2D eigenvalue weighted by Gasteiger charge is 2.73. The standard InChI is InChI=1S/C17H12F7IN2O/c18-15(19,16(20,21)22)17(23,24)27-26-9-12-6-7-14(13(25)8-12)28-10-11-4-2-1-3-5-11/h1-9,27H,10H2/b26-9+. The van der Waals surface area contributed by atoms with Crippen molar-refractivity contribution in [2.24, 2.45) is 5.10 Å². The van der Waals surface area contributed by atoms with E-state index in [2.05, 4.69) is 5.10 Å². The number of hydrazone groups is 1. The molecule has 0 amide bonds. The number of benzene rings is 2. The molecule has 0 saturated heterocycles. The number of nitrogens with zero attached hydrogens (tertiary/aromatic N) is 1. The summed E-state index contributed by atoms with van der Waals surface area (Å²) in [7, 11) is 0. The molecular weight excluding hydrogens is 508 g/mol. The van der Waals surface area contributed by atoms with Gasteiger partial charge in [-0.25, -0.2) is 5.43 Å². The lowest BCUT2D eigenvalue weighted by Crippen LogP contribution is -2.58. The molecule has 3 nitrogen and oxygen atoms in total. The molecule has 2 aromatic carbocycles. The van der Waals surface area contributed by atoms with E-state index in [0.717, 1.165) is 5.56 Å². The summed E-state index contributed by atoms with van der Waals surface area (Å²) in [5.74, 6) is -5.80. The molecule has 0 unspecified atom stereocenters. The van der Waals surface area contributed by atoms with Crippen LogP contribution in [0.25, 0.3) is 0 Å². The lowest BCUT2D eigenvalue weighted by Gasteiger charge is -2.27. The van der Waals surface area contributed by atoms with Gasteiger partial charge in [0.25, 0.3) is 0 Å². The van der Waals surface area contributed by atoms with Crippen molar-refractivity contribution in [3.8, 4) is 5.75 Å². The van der Waals surface area contributed by atoms with Gasteiger partial charge in [-0.05, 0) is 51.9 Å². The highest BCUT2D eigenvalue weighted by molar-refractivity contribution is 14.1. The highest BCUT2D eigenvalue weighted by atomic mass is 127. The van der Waals surface area contributed by atoms with Crippen molar-refractivity contribution in [1.29, 1.82) is 0 Å². The monoisotopic (exact) mass is 520 g/mol. The molecular formula is C17H12F7IN2O. The summed E-state index contributed by atoms with van der Waals surface area (Å²) in [4.78, 5) is 0. The van der Waals surface area contributed by atoms with Gasteiger partial charge in [0, 0.05) is 0 Å². The summed E-state index contributed by atoms with van der Waals surface area (Å²) in [6.45, 7) is 0.282. The van der Waals surface area contributed by atoms with E-state index in [1.165, 1.54) is 18.2 Å². The van der Waals surface area contributed by atoms with E-state index >= 15 is 0 Å². The van der Waals surface area contributed by atoms with Crippen molar-refractivity contribution in [2.75, 3.05) is 0 Å². The van der Waals surface area contributed by atoms with Crippen molar-refractivity contribution in [1.82, 2.24) is 5.43 Å². The van der Waals surface area contributed by atoms with Gasteiger partial charge in [-0.15, -0.1) is 0 Å². The Kier molecular flexibility index (Phi) is 6.78. The zero-order chi connectivity index (χ0) is 21.0. The second-order valence-corrected chi connectivity index (χ2v) is 6.64. The van der Waals surface area contributed by atoms with Gasteiger partial charge in [-0.1, -0.05) is 30.3 Å². The summed E-state index contributed by atoms with van der Waals surface area (Å²) in [5.41, 5.74) is 1.67. The normalized spacial score (nSPS) is 13.0. The van der Waals surface area contributed by atoms with Gasteiger partial charge < -0.3 is 4.74 Å². The third kappa shape index (κ3) is 5.26. The Morgan fingerprint density at radius 2 is 1.61 bits per heavy atom. The first-order valence-corrected chi connectivity index (χ1v) is 8.61. The van der Waals surface area contributed by atoms with E-state index in [-0.39, 0.29) is 12.2 Å². The van der Waals surface area contributed by atoms with Crippen LogP contribution in [0, 0.1) is 3.57 Å². The highest BCUT2D eigenvalue weighted by Crippen LogP contribution is 2.44. The molecule has 1 N–H and O–H groups in total. The molecule has 2 aromatic rings. The van der Waals surface area contributed by atoms with Crippen LogP contribution in [-0.4, -0.2) is 24.4 Å². The lowest BCUT2D eigenvalue weighted by molar-refractivity contribution is -0.361. The number of hydrogen-bond donors (Lipinski definition) is 1. The number of halogens is 8. The van der Waals surface area contributed by atoms with Crippen molar-refractivity contribution in [2.45, 2.75) is 24.8 Å². The quantitative estimate of drug-likeness (QED) is 0.170. The first-order valence-electron chi connectivity index (χ1n) is 7.53. The van der Waals surface area contributed by atoms with Crippen LogP contribution in [-0.2, 0) is 6.61 Å². The molecule has 0 aliphatic rings. The van der Waals surface area contributed by atoms with Gasteiger partial charge in [0.2, 0.25) is 0 Å². The molecule has 0 aliphatic carbocycles. The fourth-order valence-electron chi connectivity index (χ4n) is 1.89. The second-order valence-electron chi connectivity index (χ2n) is 5.48. The smallest absolute Gasteiger partial charge is 0.462 e. The third-order valence-electron chi connectivity index (χ3n) is 3.36. The minimum Gasteiger partial charge on any atom is -0.488 e. The molecule has 0 aromatic heterocycles. The molecule has 11 heteroatoms. The van der Waals surface area contributed by atoms with E-state index in [4.69, 9.17) is 4.74 Å². The van der Waals surface area contributed by atoms with E-state index in [9.17, 15) is 30.7 Å². The van der Waals surface area contributed by atoms with Crippen LogP contribution >= 0.6 is 22.6 Å². The summed E-state index contributed by atoms with van der Waals surface area (Å²) in [5, 5.41) is 2.81. The van der Waals surface area contributed by atoms with Crippen molar-refractivity contribution in [3.05, 3.63) is 63.2 Å². The number of nitrogens with one attached hydrogen (secondary N) is 1. The summed E-state index contributed by atoms with van der Waals surface area (Å²) in [6, 6.07) is 7.96. The fraction of sp³-hybridized carbons (Fsp3) is 0.235. The van der Waals surface area contributed by atoms with E-state index in [0.29, 0.717) is 21.0 Å². The van der Waals surface area contributed by atoms with Crippen LogP contribution in [0.5, 0.6) is 5.75 Å². The molecule has 0 fully saturated rings. The Hall–Kier alpha value is -2.05. The predicted molar refractivity (Wildman–Crippen MR) is 96.6 cm³/mol. The molecule has 0 atom stereocenters. The van der Waals surface area contributed by atoms with Gasteiger partial charge >= 0.3 is 18.1 Å². The molecule has 0 heterocycles. The average Bonchev–Trinajstić information content (AvgIpc) is 2.60. The predicted octanol–water partition coefficient (Wildman–Crippen LogP) is 5.58. The Bertz CT molecular complexity index is 826. The Balaban J connectivity index is 2.02. The summed E-state index contributed by atoms with van der Waals surface area (Å²) >= 11 is 1.90. The molecule has 28 heavy (non-hydrogen) atoms. The minimum absolute atomic E-state index is 0.190. The molecule has 2 rings (SSSR count). The Morgan fingerprint density at radius 1 is 0.964 bits per heavy atom. The molecule has 0 bridgehead atoms. The van der Waals surface area contributed by atoms with Crippen LogP contribution < -0.4 is 10.2 Å². The fourth-order valence-corrected chi connectivity index (χ4v) is 2.58. The molecule has 0 saturated carbocycles. The van der Waals surface area contributed by atoms with Crippen LogP contribution in [0.3, 0.4) is 0 Å². The molecule has 0 spiro atoms. The largest absolute Gasteiger partial charge is 0.488 e. The summed E-state index contributed by atoms with van der Waals surface area (Å²) < 4.78 is 93.9. The number of ether oxygens (including phenoxy) is 1. The molecule has 0 radical (unpaired) electrons. The van der Waals surface area contributed by atoms with Crippen LogP contribution in [0.1, 0.15) is 11.1 Å². The first kappa shape index (κ1) is 22.2. The van der Waals surface area contributed by atoms with Crippen molar-refractivity contribution >= 4 is 28.8 Å². The number of hydrogen-bond acceptors (Lipinski definition) is 3. The van der Waals surface area contributed by atoms with Crippen molar-refractivity contribution in [3.63, 3.8) is 0 Å². The number of rotatable bonds is 7. The third-order valence-corrected chi connectivity index (χ3v) is 4.21. The van der Waals surface area contributed by atoms with Crippen LogP contribution in [0.15, 0.2) is 53.6 Å². The maximum Gasteiger partial charge on any atom is 0.462 e. The maximum atomic E-state index is 13.1. The average molecular weight is 520 g/mol. The zero-order valence-corrected chi connectivity index (χ0v) is 15.9. The van der Waals surface area contributed by atoms with Gasteiger partial charge in [0.1, 0.15) is 12.4 Å². The SMILES string of the molecule is FC(F)(F)C(F)(F)C(F)(F)N/N=C/c1ccc(OCc2ccccc2)c(I)c1. The van der Waals surface area contributed by atoms with Crippen LogP contribution in [0.4, 0.5) is 30.7 Å². The Labute approximate surface area is 168 Å². The first-order chi connectivity index (χ1) is 12.9. The van der Waals surface area contributed by atoms with Gasteiger partial charge in [0.05, 0.1) is 9.78 Å². The number of alkyl halides is 7. The lowest BCUT2D eigenvalue weighted by atomic mass is 10.2. The second kappa shape index (κ2) is 8.53. The Morgan fingerprint density at radius 3 is 2.18 bits per heavy atom. The van der Waals surface area contributed by atoms with Gasteiger partial charge in [-0.2, -0.15) is 35.8 Å². The maximum absolute atomic E-state index is 13.1. The van der Waals surface area contributed by atoms with E-state index in [1.807, 2.05) is 52.9 Å². The molecule has 0 aliphatic heterocycles. The zero-order valence-electron chi connectivity index (χ0n) is 13.8. The van der Waals surface area contributed by atoms with E-state index in [1.54, 1.807) is 0 Å². The minimum atomic E-state index is -6.42. The van der Waals surface area contributed by atoms with Gasteiger partial charge in [-0.3, -0.25) is 0 Å². The van der Waals surface area contributed by atoms with E-state index < -0.39 is 18.1 Å². The van der Waals surface area contributed by atoms with Crippen LogP contribution in [0.2, 0.25) is 0 Å². The topological polar surface area (TPSA) is 33.6 Å². The van der Waals surface area contributed by atoms with Gasteiger partial charge in [0.15, 0.2) is 0 Å². The molecule has 152 valence electrons.